The van der Waals surface area contributed by atoms with E-state index in [1.165, 1.54) is 22.3 Å². The highest BCUT2D eigenvalue weighted by atomic mass is 16.6. The second kappa shape index (κ2) is 12.7. The Hall–Kier alpha value is -4.37. The summed E-state index contributed by atoms with van der Waals surface area (Å²) in [4.78, 5) is 39.4. The molecule has 0 aromatic heterocycles. The second-order valence-corrected chi connectivity index (χ2v) is 13.1. The Morgan fingerprint density at radius 1 is 0.909 bits per heavy atom. The number of quaternary nitrogens is 1. The second-order valence-electron chi connectivity index (χ2n) is 13.1. The standard InChI is InChI=1S/C35H42N4O5/c1-24(36-33(41)44-35(2,3)4)32(40)37-26-16-14-25(15-17-26)22-39(5)20-18-38(19-21-39)34(42)43-23-31-29-12-8-6-10-27(29)28-11-7-9-13-30(28)31/h6-17,24,31H,18-23H2,1-5H3,(H-,36,37,40,41)/p+1/t24-/m0/s1. The summed E-state index contributed by atoms with van der Waals surface area (Å²) in [5, 5.41) is 5.40. The van der Waals surface area contributed by atoms with Crippen LogP contribution in [0.5, 0.6) is 0 Å². The molecular weight excluding hydrogens is 556 g/mol. The smallest absolute Gasteiger partial charge is 0.410 e. The van der Waals surface area contributed by atoms with E-state index in [4.69, 9.17) is 9.47 Å². The molecular formula is C35H43N4O5+. The van der Waals surface area contributed by atoms with Gasteiger partial charge in [-0.2, -0.15) is 0 Å². The first kappa shape index (κ1) is 31.1. The molecule has 1 aliphatic carbocycles. The third-order valence-corrected chi connectivity index (χ3v) is 8.33. The molecule has 3 aromatic rings. The van der Waals surface area contributed by atoms with Gasteiger partial charge in [-0.15, -0.1) is 0 Å². The number of ether oxygens (including phenoxy) is 2. The first-order valence-corrected chi connectivity index (χ1v) is 15.2. The fraction of sp³-hybridized carbons (Fsp3) is 0.400. The van der Waals surface area contributed by atoms with Crippen LogP contribution in [0, 0.1) is 0 Å². The fourth-order valence-electron chi connectivity index (χ4n) is 5.91. The molecule has 9 heteroatoms. The van der Waals surface area contributed by atoms with Crippen molar-refractivity contribution in [1.82, 2.24) is 10.2 Å². The van der Waals surface area contributed by atoms with E-state index in [-0.39, 0.29) is 17.9 Å². The number of hydrogen-bond donors (Lipinski definition) is 2. The Kier molecular flexibility index (Phi) is 8.97. The van der Waals surface area contributed by atoms with Crippen LogP contribution in [0.25, 0.3) is 11.1 Å². The summed E-state index contributed by atoms with van der Waals surface area (Å²) in [6.45, 7) is 10.9. The highest BCUT2D eigenvalue weighted by molar-refractivity contribution is 5.96. The summed E-state index contributed by atoms with van der Waals surface area (Å²) < 4.78 is 11.9. The monoisotopic (exact) mass is 599 g/mol. The summed E-state index contributed by atoms with van der Waals surface area (Å²) in [7, 11) is 2.20. The average Bonchev–Trinajstić information content (AvgIpc) is 3.29. The Morgan fingerprint density at radius 3 is 2.05 bits per heavy atom. The van der Waals surface area contributed by atoms with E-state index >= 15 is 0 Å². The Morgan fingerprint density at radius 2 is 1.48 bits per heavy atom. The van der Waals surface area contributed by atoms with Gasteiger partial charge in [0.05, 0.1) is 33.2 Å². The summed E-state index contributed by atoms with van der Waals surface area (Å²) in [5.41, 5.74) is 6.01. The normalized spacial score (nSPS) is 16.3. The largest absolute Gasteiger partial charge is 0.448 e. The van der Waals surface area contributed by atoms with Crippen LogP contribution in [0.1, 0.15) is 50.3 Å². The molecule has 3 amide bonds. The lowest BCUT2D eigenvalue weighted by molar-refractivity contribution is -0.926. The van der Waals surface area contributed by atoms with E-state index in [0.29, 0.717) is 25.4 Å². The van der Waals surface area contributed by atoms with E-state index in [1.54, 1.807) is 27.7 Å². The van der Waals surface area contributed by atoms with Crippen molar-refractivity contribution in [3.63, 3.8) is 0 Å². The molecule has 9 nitrogen and oxygen atoms in total. The number of anilines is 1. The molecule has 0 radical (unpaired) electrons. The number of nitrogens with one attached hydrogen (secondary N) is 2. The van der Waals surface area contributed by atoms with Crippen molar-refractivity contribution in [2.75, 3.05) is 45.2 Å². The van der Waals surface area contributed by atoms with Gasteiger partial charge in [-0.3, -0.25) is 9.69 Å². The summed E-state index contributed by atoms with van der Waals surface area (Å²) >= 11 is 0. The number of alkyl carbamates (subject to hydrolysis) is 1. The third kappa shape index (κ3) is 7.39. The van der Waals surface area contributed by atoms with Gasteiger partial charge in [0.25, 0.3) is 0 Å². The SMILES string of the molecule is C[C@H](NC(=O)OC(C)(C)C)C(=O)Nc1ccc(C[N+]2(C)CCN(C(=O)OCC3c4ccccc4-c4ccccc43)CC2)cc1. The Labute approximate surface area is 259 Å². The average molecular weight is 600 g/mol. The molecule has 2 aliphatic rings. The van der Waals surface area contributed by atoms with Crippen LogP contribution in [0.2, 0.25) is 0 Å². The van der Waals surface area contributed by atoms with Crippen LogP contribution in [-0.4, -0.2) is 79.0 Å². The molecule has 1 heterocycles. The topological polar surface area (TPSA) is 97.0 Å². The predicted molar refractivity (Wildman–Crippen MR) is 170 cm³/mol. The van der Waals surface area contributed by atoms with Crippen molar-refractivity contribution < 1.29 is 28.3 Å². The highest BCUT2D eigenvalue weighted by Crippen LogP contribution is 2.44. The number of likely N-dealkylation sites (N-methyl/N-ethyl adjacent to an activating group) is 1. The van der Waals surface area contributed by atoms with Crippen LogP contribution >= 0.6 is 0 Å². The van der Waals surface area contributed by atoms with Gasteiger partial charge >= 0.3 is 12.2 Å². The molecule has 0 bridgehead atoms. The van der Waals surface area contributed by atoms with Gasteiger partial charge in [-0.25, -0.2) is 9.59 Å². The first-order chi connectivity index (χ1) is 20.9. The molecule has 1 aliphatic heterocycles. The molecule has 1 saturated heterocycles. The van der Waals surface area contributed by atoms with E-state index < -0.39 is 17.7 Å². The zero-order chi connectivity index (χ0) is 31.5. The molecule has 1 atom stereocenters. The maximum atomic E-state index is 13.1. The van der Waals surface area contributed by atoms with Gasteiger partial charge in [0.2, 0.25) is 5.91 Å². The van der Waals surface area contributed by atoms with Crippen LogP contribution < -0.4 is 10.6 Å². The van der Waals surface area contributed by atoms with E-state index in [9.17, 15) is 14.4 Å². The lowest BCUT2D eigenvalue weighted by atomic mass is 9.98. The van der Waals surface area contributed by atoms with Crippen LogP contribution in [0.4, 0.5) is 15.3 Å². The van der Waals surface area contributed by atoms with Crippen LogP contribution in [0.15, 0.2) is 72.8 Å². The lowest BCUT2D eigenvalue weighted by Crippen LogP contribution is -2.57. The first-order valence-electron chi connectivity index (χ1n) is 15.2. The van der Waals surface area contributed by atoms with Crippen molar-refractivity contribution in [2.45, 2.75) is 51.8 Å². The molecule has 0 unspecified atom stereocenters. The van der Waals surface area contributed by atoms with Crippen molar-refractivity contribution in [3.05, 3.63) is 89.5 Å². The number of carbonyl (C=O) groups excluding carboxylic acids is 3. The molecule has 0 spiro atoms. The Balaban J connectivity index is 1.08. The minimum absolute atomic E-state index is 0.0504. The molecule has 44 heavy (non-hydrogen) atoms. The molecule has 232 valence electrons. The lowest BCUT2D eigenvalue weighted by Gasteiger charge is -2.41. The number of benzene rings is 3. The maximum absolute atomic E-state index is 13.1. The van der Waals surface area contributed by atoms with Gasteiger partial charge in [0.15, 0.2) is 0 Å². The number of carbonyl (C=O) groups is 3. The van der Waals surface area contributed by atoms with Gasteiger partial charge in [-0.1, -0.05) is 60.7 Å². The number of nitrogens with zero attached hydrogens (tertiary/aromatic N) is 2. The number of fused-ring (bicyclic) bond motifs is 3. The molecule has 1 fully saturated rings. The number of piperazine rings is 1. The maximum Gasteiger partial charge on any atom is 0.410 e. The summed E-state index contributed by atoms with van der Waals surface area (Å²) in [6.07, 6.45) is -0.889. The molecule has 3 aromatic carbocycles. The zero-order valence-electron chi connectivity index (χ0n) is 26.3. The van der Waals surface area contributed by atoms with Gasteiger partial charge < -0.3 is 24.6 Å². The molecule has 5 rings (SSSR count). The number of amides is 3. The quantitative estimate of drug-likeness (QED) is 0.337. The number of rotatable bonds is 7. The van der Waals surface area contributed by atoms with Crippen molar-refractivity contribution >= 4 is 23.8 Å². The third-order valence-electron chi connectivity index (χ3n) is 8.33. The fourth-order valence-corrected chi connectivity index (χ4v) is 5.91. The Bertz CT molecular complexity index is 1460. The van der Waals surface area contributed by atoms with E-state index in [0.717, 1.165) is 29.7 Å². The van der Waals surface area contributed by atoms with Crippen molar-refractivity contribution in [1.29, 1.82) is 0 Å². The number of hydrogen-bond acceptors (Lipinski definition) is 5. The zero-order valence-corrected chi connectivity index (χ0v) is 26.3. The van der Waals surface area contributed by atoms with E-state index in [1.807, 2.05) is 41.3 Å². The van der Waals surface area contributed by atoms with E-state index in [2.05, 4.69) is 54.1 Å². The van der Waals surface area contributed by atoms with Gasteiger partial charge in [0, 0.05) is 17.2 Å². The molecule has 2 N–H and O–H groups in total. The van der Waals surface area contributed by atoms with Gasteiger partial charge in [0.1, 0.15) is 24.8 Å². The minimum Gasteiger partial charge on any atom is -0.448 e. The van der Waals surface area contributed by atoms with Gasteiger partial charge in [-0.05, 0) is 62.1 Å². The van der Waals surface area contributed by atoms with Crippen molar-refractivity contribution in [3.8, 4) is 11.1 Å². The predicted octanol–water partition coefficient (Wildman–Crippen LogP) is 5.75. The molecule has 0 saturated carbocycles. The summed E-state index contributed by atoms with van der Waals surface area (Å²) in [6, 6.07) is 23.7. The highest BCUT2D eigenvalue weighted by Gasteiger charge is 2.34. The van der Waals surface area contributed by atoms with Crippen LogP contribution in [0.3, 0.4) is 0 Å². The minimum atomic E-state index is -0.748. The summed E-state index contributed by atoms with van der Waals surface area (Å²) in [5.74, 6) is -0.277. The van der Waals surface area contributed by atoms with Crippen LogP contribution in [-0.2, 0) is 20.8 Å². The van der Waals surface area contributed by atoms with Crippen molar-refractivity contribution in [2.24, 2.45) is 0 Å².